The van der Waals surface area contributed by atoms with Crippen molar-refractivity contribution in [1.29, 1.82) is 0 Å². The van der Waals surface area contributed by atoms with Gasteiger partial charge in [0, 0.05) is 11.8 Å². The molecule has 0 aliphatic carbocycles. The van der Waals surface area contributed by atoms with Crippen LogP contribution in [0, 0.1) is 0 Å². The van der Waals surface area contributed by atoms with Crippen LogP contribution in [0.4, 0.5) is 12.9 Å². The zero-order valence-corrected chi connectivity index (χ0v) is 10.9. The number of hydrogen-bond acceptors (Lipinski definition) is 2. The van der Waals surface area contributed by atoms with E-state index in [0.29, 0.717) is 6.20 Å². The van der Waals surface area contributed by atoms with Crippen molar-refractivity contribution in [2.75, 3.05) is 0 Å². The van der Waals surface area contributed by atoms with Crippen LogP contribution in [0.2, 0.25) is 0 Å². The van der Waals surface area contributed by atoms with Gasteiger partial charge in [-0.1, -0.05) is 11.5 Å². The minimum Gasteiger partial charge on any atom is -0.445 e. The summed E-state index contributed by atoms with van der Waals surface area (Å²) in [5.74, 6) is -0.422. The molecule has 0 amide bonds. The van der Waals surface area contributed by atoms with Crippen molar-refractivity contribution < 1.29 is 69.1 Å². The van der Waals surface area contributed by atoms with E-state index < -0.39 is 18.2 Å². The van der Waals surface area contributed by atoms with E-state index in [-0.39, 0.29) is 56.9 Å². The Morgan fingerprint density at radius 1 is 1.36 bits per heavy atom. The number of nitrogens with zero attached hydrogens (tertiary/aromatic N) is 1. The molecule has 0 fully saturated rings. The monoisotopic (exact) mass is 227 g/mol. The third kappa shape index (κ3) is 3.82. The normalized spacial score (nSPS) is 10.6. The molecule has 0 radical (unpaired) electrons. The van der Waals surface area contributed by atoms with Gasteiger partial charge in [0.25, 0.3) is 0 Å². The molecule has 1 rings (SSSR count). The van der Waals surface area contributed by atoms with Gasteiger partial charge in [-0.05, 0) is 13.1 Å². The fraction of sp³-hybridized carbons (Fsp3) is 0.143. The standard InChI is InChI=1S/C7H6BF3NO.K/c1-5(13)6-2-7(4-12-3-6)8(9,10)11;/h2-4H,1H3;/q-1;+1. The summed E-state index contributed by atoms with van der Waals surface area (Å²) in [5, 5.41) is 0. The van der Waals surface area contributed by atoms with Gasteiger partial charge in [-0.25, -0.2) is 0 Å². The van der Waals surface area contributed by atoms with Gasteiger partial charge in [0.2, 0.25) is 0 Å². The molecule has 0 aliphatic rings. The molecule has 0 spiro atoms. The number of hydrogen-bond donors (Lipinski definition) is 0. The molecule has 0 bridgehead atoms. The summed E-state index contributed by atoms with van der Waals surface area (Å²) < 4.78 is 36.4. The topological polar surface area (TPSA) is 30.0 Å². The number of pyridine rings is 1. The van der Waals surface area contributed by atoms with Gasteiger partial charge in [-0.2, -0.15) is 0 Å². The summed E-state index contributed by atoms with van der Waals surface area (Å²) in [6.45, 7) is -3.87. The molecule has 0 aromatic carbocycles. The molecule has 0 unspecified atom stereocenters. The van der Waals surface area contributed by atoms with Crippen LogP contribution >= 0.6 is 0 Å². The van der Waals surface area contributed by atoms with Crippen molar-refractivity contribution in [1.82, 2.24) is 4.98 Å². The Morgan fingerprint density at radius 3 is 2.36 bits per heavy atom. The summed E-state index contributed by atoms with van der Waals surface area (Å²) in [6.07, 6.45) is 1.83. The van der Waals surface area contributed by atoms with Crippen LogP contribution in [0.15, 0.2) is 18.5 Å². The smallest absolute Gasteiger partial charge is 0.445 e. The fourth-order valence-corrected chi connectivity index (χ4v) is 0.829. The molecule has 1 aromatic heterocycles. The second-order valence-corrected chi connectivity index (χ2v) is 2.64. The third-order valence-corrected chi connectivity index (χ3v) is 1.54. The summed E-state index contributed by atoms with van der Waals surface area (Å²) in [4.78, 5) is 14.1. The average molecular weight is 227 g/mol. The van der Waals surface area contributed by atoms with Crippen molar-refractivity contribution in [2.45, 2.75) is 6.92 Å². The molecule has 70 valence electrons. The van der Waals surface area contributed by atoms with E-state index in [0.717, 1.165) is 12.3 Å². The summed E-state index contributed by atoms with van der Waals surface area (Å²) in [5.41, 5.74) is -0.857. The molecule has 7 heteroatoms. The first-order valence-corrected chi connectivity index (χ1v) is 3.57. The van der Waals surface area contributed by atoms with Crippen molar-refractivity contribution >= 4 is 18.2 Å². The number of halogens is 3. The maximum atomic E-state index is 12.1. The molecule has 0 saturated heterocycles. The third-order valence-electron chi connectivity index (χ3n) is 1.54. The van der Waals surface area contributed by atoms with Crippen LogP contribution in [0.5, 0.6) is 0 Å². The Bertz CT molecular complexity index is 342. The van der Waals surface area contributed by atoms with E-state index in [9.17, 15) is 17.7 Å². The SMILES string of the molecule is CC(=O)c1cncc([B-](F)(F)F)c1.[K+]. The predicted molar refractivity (Wildman–Crippen MR) is 43.0 cm³/mol. The predicted octanol–water partition coefficient (Wildman–Crippen LogP) is -1.66. The maximum absolute atomic E-state index is 12.1. The molecule has 14 heavy (non-hydrogen) atoms. The number of Topliss-reactive ketones (excluding diaryl/α,β-unsaturated/α-hetero) is 1. The molecule has 1 aromatic rings. The largest absolute Gasteiger partial charge is 1.00 e. The minimum atomic E-state index is -5.07. The maximum Gasteiger partial charge on any atom is 1.00 e. The molecule has 1 heterocycles. The summed E-state index contributed by atoms with van der Waals surface area (Å²) in [7, 11) is 0. The molecule has 0 atom stereocenters. The van der Waals surface area contributed by atoms with E-state index >= 15 is 0 Å². The van der Waals surface area contributed by atoms with Crippen LogP contribution in [-0.2, 0) is 0 Å². The van der Waals surface area contributed by atoms with Crippen LogP contribution in [0.1, 0.15) is 17.3 Å². The van der Waals surface area contributed by atoms with E-state index in [2.05, 4.69) is 4.98 Å². The van der Waals surface area contributed by atoms with Crippen molar-refractivity contribution in [3.05, 3.63) is 24.0 Å². The molecule has 0 N–H and O–H groups in total. The minimum absolute atomic E-state index is 0. The quantitative estimate of drug-likeness (QED) is 0.447. The summed E-state index contributed by atoms with van der Waals surface area (Å²) >= 11 is 0. The van der Waals surface area contributed by atoms with Crippen LogP contribution < -0.4 is 56.8 Å². The van der Waals surface area contributed by atoms with Crippen LogP contribution in [0.25, 0.3) is 0 Å². The van der Waals surface area contributed by atoms with E-state index in [1.165, 1.54) is 6.92 Å². The first-order valence-electron chi connectivity index (χ1n) is 3.57. The second-order valence-electron chi connectivity index (χ2n) is 2.64. The second kappa shape index (κ2) is 5.41. The van der Waals surface area contributed by atoms with Gasteiger partial charge >= 0.3 is 58.4 Å². The number of aromatic nitrogens is 1. The first kappa shape index (κ1) is 14.3. The Hall–Kier alpha value is 0.311. The van der Waals surface area contributed by atoms with E-state index in [1.807, 2.05) is 0 Å². The Balaban J connectivity index is 0.00000169. The summed E-state index contributed by atoms with van der Waals surface area (Å²) in [6, 6.07) is 0.815. The Morgan fingerprint density at radius 2 is 1.93 bits per heavy atom. The zero-order chi connectivity index (χ0) is 10.1. The van der Waals surface area contributed by atoms with Gasteiger partial charge in [0.15, 0.2) is 5.78 Å². The molecular weight excluding hydrogens is 221 g/mol. The van der Waals surface area contributed by atoms with E-state index in [1.54, 1.807) is 0 Å². The molecule has 0 aliphatic heterocycles. The Kier molecular flexibility index (Phi) is 5.53. The average Bonchev–Trinajstić information content (AvgIpc) is 2.03. The number of ketones is 1. The Labute approximate surface area is 122 Å². The van der Waals surface area contributed by atoms with Crippen LogP contribution in [-0.4, -0.2) is 17.7 Å². The first-order chi connectivity index (χ1) is 5.91. The van der Waals surface area contributed by atoms with Crippen molar-refractivity contribution in [3.63, 3.8) is 0 Å². The fourth-order valence-electron chi connectivity index (χ4n) is 0.829. The molecule has 0 saturated carbocycles. The van der Waals surface area contributed by atoms with Gasteiger partial charge in [0.1, 0.15) is 0 Å². The van der Waals surface area contributed by atoms with Gasteiger partial charge < -0.3 is 12.9 Å². The van der Waals surface area contributed by atoms with Gasteiger partial charge in [-0.3, -0.25) is 9.78 Å². The zero-order valence-electron chi connectivity index (χ0n) is 7.80. The van der Waals surface area contributed by atoms with Gasteiger partial charge in [0.05, 0.1) is 0 Å². The number of rotatable bonds is 2. The number of carbonyl (C=O) groups excluding carboxylic acids is 1. The number of carbonyl (C=O) groups is 1. The molecule has 2 nitrogen and oxygen atoms in total. The van der Waals surface area contributed by atoms with Gasteiger partial charge in [-0.15, -0.1) is 0 Å². The van der Waals surface area contributed by atoms with Crippen molar-refractivity contribution in [2.24, 2.45) is 0 Å². The molecular formula is C7H6BF3KNO. The van der Waals surface area contributed by atoms with E-state index in [4.69, 9.17) is 0 Å². The van der Waals surface area contributed by atoms with Crippen LogP contribution in [0.3, 0.4) is 0 Å². The van der Waals surface area contributed by atoms with Crippen molar-refractivity contribution in [3.8, 4) is 0 Å².